The molecule has 0 bridgehead atoms. The fourth-order valence-electron chi connectivity index (χ4n) is 3.36. The van der Waals surface area contributed by atoms with Crippen LogP contribution in [0.2, 0.25) is 5.02 Å². The average Bonchev–Trinajstić information content (AvgIpc) is 2.75. The predicted molar refractivity (Wildman–Crippen MR) is 119 cm³/mol. The van der Waals surface area contributed by atoms with E-state index in [1.807, 2.05) is 48.5 Å². The molecule has 0 unspecified atom stereocenters. The highest BCUT2D eigenvalue weighted by Crippen LogP contribution is 2.27. The highest BCUT2D eigenvalue weighted by Gasteiger charge is 2.18. The van der Waals surface area contributed by atoms with Gasteiger partial charge in [-0.3, -0.25) is 0 Å². The zero-order valence-corrected chi connectivity index (χ0v) is 17.4. The first-order valence-corrected chi connectivity index (χ1v) is 10.4. The molecule has 0 amide bonds. The van der Waals surface area contributed by atoms with Crippen molar-refractivity contribution in [3.05, 3.63) is 53.6 Å². The van der Waals surface area contributed by atoms with Gasteiger partial charge >= 0.3 is 0 Å². The van der Waals surface area contributed by atoms with Gasteiger partial charge in [-0.2, -0.15) is 4.98 Å². The van der Waals surface area contributed by atoms with Crippen LogP contribution in [0.4, 0.5) is 11.8 Å². The number of ether oxygens (including phenoxy) is 1. The van der Waals surface area contributed by atoms with E-state index in [2.05, 4.69) is 22.2 Å². The monoisotopic (exact) mass is 411 g/mol. The van der Waals surface area contributed by atoms with Gasteiger partial charge in [0.15, 0.2) is 0 Å². The second-order valence-electron chi connectivity index (χ2n) is 7.27. The Kier molecular flexibility index (Phi) is 6.32. The van der Waals surface area contributed by atoms with Crippen LogP contribution in [0.3, 0.4) is 0 Å². The highest BCUT2D eigenvalue weighted by atomic mass is 35.5. The van der Waals surface area contributed by atoms with E-state index in [1.165, 1.54) is 0 Å². The first-order chi connectivity index (χ1) is 14.2. The molecular weight excluding hydrogens is 386 g/mol. The number of nitrogens with one attached hydrogen (secondary N) is 1. The number of hydrogen-bond acceptors (Lipinski definition) is 6. The van der Waals surface area contributed by atoms with E-state index in [-0.39, 0.29) is 0 Å². The van der Waals surface area contributed by atoms with Gasteiger partial charge in [0.2, 0.25) is 5.95 Å². The van der Waals surface area contributed by atoms with E-state index in [4.69, 9.17) is 26.3 Å². The molecule has 7 heteroatoms. The molecule has 2 heterocycles. The minimum atomic E-state index is 0.645. The van der Waals surface area contributed by atoms with Crippen LogP contribution in [-0.2, 0) is 0 Å². The summed E-state index contributed by atoms with van der Waals surface area (Å²) in [7, 11) is 2.14. The van der Waals surface area contributed by atoms with E-state index in [0.29, 0.717) is 11.6 Å². The molecule has 1 aliphatic rings. The second kappa shape index (κ2) is 9.29. The summed E-state index contributed by atoms with van der Waals surface area (Å²) in [5, 5.41) is 5.09. The van der Waals surface area contributed by atoms with Gasteiger partial charge in [0.1, 0.15) is 11.6 Å². The number of fused-ring (bicyclic) bond motifs is 1. The maximum atomic E-state index is 6.23. The van der Waals surface area contributed by atoms with E-state index < -0.39 is 0 Å². The molecule has 3 aromatic rings. The SMILES string of the molecule is CN1CCN(c2nc(NCCCOc3ccccc3)c3cc(Cl)ccc3n2)CC1. The molecule has 2 aromatic carbocycles. The molecular formula is C22H26ClN5O. The Morgan fingerprint density at radius 1 is 1.03 bits per heavy atom. The van der Waals surface area contributed by atoms with E-state index in [1.54, 1.807) is 0 Å². The minimum absolute atomic E-state index is 0.645. The first-order valence-electron chi connectivity index (χ1n) is 10.0. The van der Waals surface area contributed by atoms with Crippen molar-refractivity contribution >= 4 is 34.3 Å². The lowest BCUT2D eigenvalue weighted by molar-refractivity contribution is 0.311. The topological polar surface area (TPSA) is 53.5 Å². The molecule has 1 aliphatic heterocycles. The molecule has 1 fully saturated rings. The maximum absolute atomic E-state index is 6.23. The van der Waals surface area contributed by atoms with Crippen molar-refractivity contribution in [1.82, 2.24) is 14.9 Å². The van der Waals surface area contributed by atoms with Crippen molar-refractivity contribution in [3.63, 3.8) is 0 Å². The standard InChI is InChI=1S/C22H26ClN5O/c1-27-11-13-28(14-12-27)22-25-20-9-8-17(23)16-19(20)21(26-22)24-10-5-15-29-18-6-3-2-4-7-18/h2-4,6-9,16H,5,10-15H2,1H3,(H,24,25,26). The van der Waals surface area contributed by atoms with Gasteiger partial charge in [0.25, 0.3) is 0 Å². The largest absolute Gasteiger partial charge is 0.494 e. The Balaban J connectivity index is 1.45. The molecule has 6 nitrogen and oxygen atoms in total. The van der Waals surface area contributed by atoms with Crippen molar-refractivity contribution < 1.29 is 4.74 Å². The summed E-state index contributed by atoms with van der Waals surface area (Å²) >= 11 is 6.23. The number of hydrogen-bond donors (Lipinski definition) is 1. The molecule has 0 spiro atoms. The van der Waals surface area contributed by atoms with Gasteiger partial charge in [-0.15, -0.1) is 0 Å². The van der Waals surface area contributed by atoms with Gasteiger partial charge in [0, 0.05) is 43.1 Å². The van der Waals surface area contributed by atoms with E-state index >= 15 is 0 Å². The van der Waals surface area contributed by atoms with Crippen molar-refractivity contribution in [1.29, 1.82) is 0 Å². The summed E-state index contributed by atoms with van der Waals surface area (Å²) in [5.41, 5.74) is 0.904. The van der Waals surface area contributed by atoms with Crippen LogP contribution in [-0.4, -0.2) is 61.2 Å². The lowest BCUT2D eigenvalue weighted by atomic mass is 10.2. The van der Waals surface area contributed by atoms with Crippen LogP contribution in [0.5, 0.6) is 5.75 Å². The number of likely N-dealkylation sites (N-methyl/N-ethyl adjacent to an activating group) is 1. The Hall–Kier alpha value is -2.57. The molecule has 1 aromatic heterocycles. The number of nitrogens with zero attached hydrogens (tertiary/aromatic N) is 4. The summed E-state index contributed by atoms with van der Waals surface area (Å²) in [6, 6.07) is 15.6. The lowest BCUT2D eigenvalue weighted by Crippen LogP contribution is -2.45. The first kappa shape index (κ1) is 19.7. The molecule has 0 saturated carbocycles. The normalized spacial score (nSPS) is 14.9. The van der Waals surface area contributed by atoms with Crippen molar-refractivity contribution in [2.45, 2.75) is 6.42 Å². The van der Waals surface area contributed by atoms with Crippen LogP contribution >= 0.6 is 11.6 Å². The summed E-state index contributed by atoms with van der Waals surface area (Å²) < 4.78 is 5.77. The lowest BCUT2D eigenvalue weighted by Gasteiger charge is -2.32. The molecule has 4 rings (SSSR count). The van der Waals surface area contributed by atoms with Crippen LogP contribution in [0.15, 0.2) is 48.5 Å². The number of rotatable bonds is 7. The Bertz CT molecular complexity index is 945. The van der Waals surface area contributed by atoms with Crippen molar-refractivity contribution in [2.24, 2.45) is 0 Å². The van der Waals surface area contributed by atoms with Gasteiger partial charge < -0.3 is 19.9 Å². The van der Waals surface area contributed by atoms with Crippen LogP contribution < -0.4 is 15.0 Å². The summed E-state index contributed by atoms with van der Waals surface area (Å²) in [4.78, 5) is 14.2. The third-order valence-corrected chi connectivity index (χ3v) is 5.29. The second-order valence-corrected chi connectivity index (χ2v) is 7.70. The van der Waals surface area contributed by atoms with Crippen LogP contribution in [0.1, 0.15) is 6.42 Å². The molecule has 152 valence electrons. The number of halogens is 1. The summed E-state index contributed by atoms with van der Waals surface area (Å²) in [5.74, 6) is 2.49. The Morgan fingerprint density at radius 2 is 1.83 bits per heavy atom. The summed E-state index contributed by atoms with van der Waals surface area (Å²) in [6.45, 7) is 5.29. The van der Waals surface area contributed by atoms with Gasteiger partial charge in [-0.05, 0) is 43.8 Å². The van der Waals surface area contributed by atoms with Crippen LogP contribution in [0, 0.1) is 0 Å². The third kappa shape index (κ3) is 5.08. The number of anilines is 2. The number of para-hydroxylation sites is 1. The number of aromatic nitrogens is 2. The van der Waals surface area contributed by atoms with Gasteiger partial charge in [-0.25, -0.2) is 4.98 Å². The predicted octanol–water partition coefficient (Wildman–Crippen LogP) is 3.92. The third-order valence-electron chi connectivity index (χ3n) is 5.06. The van der Waals surface area contributed by atoms with Gasteiger partial charge in [-0.1, -0.05) is 29.8 Å². The van der Waals surface area contributed by atoms with Crippen molar-refractivity contribution in [3.8, 4) is 5.75 Å². The Labute approximate surface area is 176 Å². The zero-order chi connectivity index (χ0) is 20.1. The van der Waals surface area contributed by atoms with Crippen LogP contribution in [0.25, 0.3) is 10.9 Å². The quantitative estimate of drug-likeness (QED) is 0.595. The van der Waals surface area contributed by atoms with Gasteiger partial charge in [0.05, 0.1) is 12.1 Å². The summed E-state index contributed by atoms with van der Waals surface area (Å²) in [6.07, 6.45) is 0.866. The molecule has 1 saturated heterocycles. The average molecular weight is 412 g/mol. The fourth-order valence-corrected chi connectivity index (χ4v) is 3.53. The molecule has 0 radical (unpaired) electrons. The van der Waals surface area contributed by atoms with E-state index in [0.717, 1.165) is 67.6 Å². The highest BCUT2D eigenvalue weighted by molar-refractivity contribution is 6.31. The minimum Gasteiger partial charge on any atom is -0.494 e. The number of piperazine rings is 1. The molecule has 29 heavy (non-hydrogen) atoms. The van der Waals surface area contributed by atoms with E-state index in [9.17, 15) is 0 Å². The smallest absolute Gasteiger partial charge is 0.227 e. The Morgan fingerprint density at radius 3 is 2.62 bits per heavy atom. The van der Waals surface area contributed by atoms with Crippen molar-refractivity contribution in [2.75, 3.05) is 56.6 Å². The fraction of sp³-hybridized carbons (Fsp3) is 0.364. The zero-order valence-electron chi connectivity index (χ0n) is 16.6. The number of benzene rings is 2. The molecule has 0 atom stereocenters. The molecule has 1 N–H and O–H groups in total. The molecule has 0 aliphatic carbocycles. The maximum Gasteiger partial charge on any atom is 0.227 e.